The lowest BCUT2D eigenvalue weighted by molar-refractivity contribution is -0.151. The number of amides is 1. The van der Waals surface area contributed by atoms with Crippen molar-refractivity contribution in [3.05, 3.63) is 39.8 Å². The van der Waals surface area contributed by atoms with Gasteiger partial charge >= 0.3 is 5.97 Å². The number of aryl methyl sites for hydroxylation is 1. The molecule has 2 aromatic rings. The van der Waals surface area contributed by atoms with Gasteiger partial charge in [0.15, 0.2) is 5.01 Å². The van der Waals surface area contributed by atoms with E-state index in [4.69, 9.17) is 4.74 Å². The first-order valence-electron chi connectivity index (χ1n) is 8.95. The number of aromatic nitrogens is 2. The van der Waals surface area contributed by atoms with Crippen LogP contribution < -0.4 is 5.32 Å². The third-order valence-electron chi connectivity index (χ3n) is 5.35. The fraction of sp³-hybridized carbons (Fsp3) is 0.474. The van der Waals surface area contributed by atoms with Gasteiger partial charge in [-0.2, -0.15) is 0 Å². The standard InChI is InChI=1S/C19H21N3O3S/c1-11-2-6-14(7-3-11)20-17(23)18-22-21-16(26-18)10-25-19(24)15-9-12-4-5-13(15)8-12/h2-3,6-7,12-13,15H,4-5,8-10H2,1H3,(H,20,23)/t12-,13-,15-/m0/s1. The number of hydrogen-bond acceptors (Lipinski definition) is 6. The molecule has 26 heavy (non-hydrogen) atoms. The van der Waals surface area contributed by atoms with Gasteiger partial charge in [-0.15, -0.1) is 10.2 Å². The van der Waals surface area contributed by atoms with Crippen LogP contribution >= 0.6 is 11.3 Å². The third kappa shape index (κ3) is 3.62. The first kappa shape index (κ1) is 17.1. The van der Waals surface area contributed by atoms with E-state index in [0.29, 0.717) is 22.5 Å². The van der Waals surface area contributed by atoms with Crippen molar-refractivity contribution in [2.75, 3.05) is 5.32 Å². The number of ether oxygens (including phenoxy) is 1. The van der Waals surface area contributed by atoms with Crippen molar-refractivity contribution in [3.8, 4) is 0 Å². The molecule has 2 bridgehead atoms. The molecular weight excluding hydrogens is 350 g/mol. The predicted octanol–water partition coefficient (Wildman–Crippen LogP) is 3.58. The molecule has 6 nitrogen and oxygen atoms in total. The van der Waals surface area contributed by atoms with Crippen LogP contribution in [0.3, 0.4) is 0 Å². The molecule has 2 saturated carbocycles. The Morgan fingerprint density at radius 3 is 2.69 bits per heavy atom. The van der Waals surface area contributed by atoms with Crippen molar-refractivity contribution in [1.82, 2.24) is 10.2 Å². The van der Waals surface area contributed by atoms with Gasteiger partial charge in [0.05, 0.1) is 5.92 Å². The summed E-state index contributed by atoms with van der Waals surface area (Å²) >= 11 is 1.15. The fourth-order valence-corrected chi connectivity index (χ4v) is 4.65. The van der Waals surface area contributed by atoms with E-state index in [1.807, 2.05) is 31.2 Å². The molecule has 1 amide bonds. The van der Waals surface area contributed by atoms with Gasteiger partial charge in [0.2, 0.25) is 5.01 Å². The summed E-state index contributed by atoms with van der Waals surface area (Å²) in [6.07, 6.45) is 4.53. The van der Waals surface area contributed by atoms with Gasteiger partial charge in [0.25, 0.3) is 5.91 Å². The van der Waals surface area contributed by atoms with E-state index in [1.165, 1.54) is 12.8 Å². The van der Waals surface area contributed by atoms with Gasteiger partial charge in [-0.25, -0.2) is 0 Å². The number of nitrogens with one attached hydrogen (secondary N) is 1. The minimum Gasteiger partial charge on any atom is -0.458 e. The van der Waals surface area contributed by atoms with Crippen molar-refractivity contribution in [1.29, 1.82) is 0 Å². The molecular formula is C19H21N3O3S. The van der Waals surface area contributed by atoms with E-state index in [2.05, 4.69) is 15.5 Å². The maximum Gasteiger partial charge on any atom is 0.309 e. The molecule has 7 heteroatoms. The SMILES string of the molecule is Cc1ccc(NC(=O)c2nnc(COC(=O)[C@H]3C[C@H]4CC[C@H]3C4)s2)cc1. The number of hydrogen-bond donors (Lipinski definition) is 1. The highest BCUT2D eigenvalue weighted by atomic mass is 32.1. The summed E-state index contributed by atoms with van der Waals surface area (Å²) in [4.78, 5) is 24.5. The molecule has 2 aliphatic rings. The molecule has 0 spiro atoms. The van der Waals surface area contributed by atoms with Gasteiger partial charge in [-0.1, -0.05) is 35.5 Å². The second-order valence-corrected chi connectivity index (χ2v) is 8.27. The maximum atomic E-state index is 12.3. The van der Waals surface area contributed by atoms with Gasteiger partial charge in [0.1, 0.15) is 6.61 Å². The second-order valence-electron chi connectivity index (χ2n) is 7.21. The Balaban J connectivity index is 1.30. The molecule has 1 aromatic heterocycles. The molecule has 0 saturated heterocycles. The highest BCUT2D eigenvalue weighted by Gasteiger charge is 2.43. The Hall–Kier alpha value is -2.28. The minimum atomic E-state index is -0.308. The van der Waals surface area contributed by atoms with Crippen LogP contribution in [0.2, 0.25) is 0 Å². The summed E-state index contributed by atoms with van der Waals surface area (Å²) in [5.74, 6) is 0.815. The van der Waals surface area contributed by atoms with E-state index in [-0.39, 0.29) is 29.4 Å². The zero-order valence-electron chi connectivity index (χ0n) is 14.6. The average molecular weight is 371 g/mol. The summed E-state index contributed by atoms with van der Waals surface area (Å²) in [7, 11) is 0. The Morgan fingerprint density at radius 2 is 2.00 bits per heavy atom. The van der Waals surface area contributed by atoms with Crippen LogP contribution in [0.4, 0.5) is 5.69 Å². The number of esters is 1. The predicted molar refractivity (Wildman–Crippen MR) is 97.8 cm³/mol. The summed E-state index contributed by atoms with van der Waals surface area (Å²) < 4.78 is 5.43. The van der Waals surface area contributed by atoms with Gasteiger partial charge in [-0.3, -0.25) is 9.59 Å². The van der Waals surface area contributed by atoms with E-state index < -0.39 is 0 Å². The van der Waals surface area contributed by atoms with Crippen molar-refractivity contribution in [3.63, 3.8) is 0 Å². The van der Waals surface area contributed by atoms with Crippen molar-refractivity contribution < 1.29 is 14.3 Å². The number of rotatable bonds is 5. The summed E-state index contributed by atoms with van der Waals surface area (Å²) in [6, 6.07) is 7.53. The number of carbonyl (C=O) groups is 2. The average Bonchev–Trinajstić information content (AvgIpc) is 3.38. The van der Waals surface area contributed by atoms with Gasteiger partial charge < -0.3 is 10.1 Å². The number of fused-ring (bicyclic) bond motifs is 2. The van der Waals surface area contributed by atoms with E-state index in [9.17, 15) is 9.59 Å². The lowest BCUT2D eigenvalue weighted by Gasteiger charge is -2.19. The highest BCUT2D eigenvalue weighted by Crippen LogP contribution is 2.48. The molecule has 3 atom stereocenters. The van der Waals surface area contributed by atoms with Crippen molar-refractivity contribution in [2.24, 2.45) is 17.8 Å². The monoisotopic (exact) mass is 371 g/mol. The van der Waals surface area contributed by atoms with E-state index in [1.54, 1.807) is 0 Å². The van der Waals surface area contributed by atoms with Crippen LogP contribution in [0, 0.1) is 24.7 Å². The topological polar surface area (TPSA) is 81.2 Å². The Morgan fingerprint density at radius 1 is 1.19 bits per heavy atom. The van der Waals surface area contributed by atoms with Crippen LogP contribution in [0.5, 0.6) is 0 Å². The number of benzene rings is 1. The number of anilines is 1. The third-order valence-corrected chi connectivity index (χ3v) is 6.24. The molecule has 1 heterocycles. The molecule has 1 aromatic carbocycles. The van der Waals surface area contributed by atoms with Crippen LogP contribution in [-0.4, -0.2) is 22.1 Å². The van der Waals surface area contributed by atoms with Crippen LogP contribution in [-0.2, 0) is 16.1 Å². The smallest absolute Gasteiger partial charge is 0.309 e. The lowest BCUT2D eigenvalue weighted by Crippen LogP contribution is -2.23. The molecule has 136 valence electrons. The quantitative estimate of drug-likeness (QED) is 0.813. The Kier molecular flexibility index (Phi) is 4.72. The van der Waals surface area contributed by atoms with Crippen molar-refractivity contribution >= 4 is 28.9 Å². The van der Waals surface area contributed by atoms with E-state index in [0.717, 1.165) is 29.7 Å². The largest absolute Gasteiger partial charge is 0.458 e. The number of nitrogens with zero attached hydrogens (tertiary/aromatic N) is 2. The zero-order valence-corrected chi connectivity index (χ0v) is 15.4. The molecule has 1 N–H and O–H groups in total. The van der Waals surface area contributed by atoms with Crippen molar-refractivity contribution in [2.45, 2.75) is 39.2 Å². The normalized spacial score (nSPS) is 23.8. The molecule has 2 aliphatic carbocycles. The first-order valence-corrected chi connectivity index (χ1v) is 9.77. The summed E-state index contributed by atoms with van der Waals surface area (Å²) in [5.41, 5.74) is 1.83. The molecule has 4 rings (SSSR count). The highest BCUT2D eigenvalue weighted by molar-refractivity contribution is 7.13. The number of carbonyl (C=O) groups excluding carboxylic acids is 2. The van der Waals surface area contributed by atoms with Crippen LogP contribution in [0.25, 0.3) is 0 Å². The summed E-state index contributed by atoms with van der Waals surface area (Å²) in [5, 5.41) is 11.5. The molecule has 2 fully saturated rings. The lowest BCUT2D eigenvalue weighted by atomic mass is 9.89. The van der Waals surface area contributed by atoms with Crippen LogP contribution in [0.1, 0.15) is 46.1 Å². The fourth-order valence-electron chi connectivity index (χ4n) is 4.00. The Bertz CT molecular complexity index is 818. The first-order chi connectivity index (χ1) is 12.6. The van der Waals surface area contributed by atoms with E-state index >= 15 is 0 Å². The maximum absolute atomic E-state index is 12.3. The molecule has 0 radical (unpaired) electrons. The molecule has 0 unspecified atom stereocenters. The second kappa shape index (κ2) is 7.15. The van der Waals surface area contributed by atoms with Crippen LogP contribution in [0.15, 0.2) is 24.3 Å². The molecule has 0 aliphatic heterocycles. The Labute approximate surface area is 156 Å². The zero-order chi connectivity index (χ0) is 18.1. The van der Waals surface area contributed by atoms with Gasteiger partial charge in [0, 0.05) is 5.69 Å². The van der Waals surface area contributed by atoms with Gasteiger partial charge in [-0.05, 0) is 50.2 Å². The summed E-state index contributed by atoms with van der Waals surface area (Å²) in [6.45, 7) is 2.07. The minimum absolute atomic E-state index is 0.0472.